The second-order valence-electron chi connectivity index (χ2n) is 4.68. The molecule has 0 fully saturated rings. The third kappa shape index (κ3) is 5.66. The van der Waals surface area contributed by atoms with Gasteiger partial charge in [0.25, 0.3) is 0 Å². The van der Waals surface area contributed by atoms with Crippen LogP contribution in [0.4, 0.5) is 0 Å². The summed E-state index contributed by atoms with van der Waals surface area (Å²) >= 11 is 1.63. The second-order valence-corrected chi connectivity index (χ2v) is 5.67. The van der Waals surface area contributed by atoms with Gasteiger partial charge in [0.15, 0.2) is 0 Å². The fourth-order valence-corrected chi connectivity index (χ4v) is 2.81. The quantitative estimate of drug-likeness (QED) is 0.736. The lowest BCUT2D eigenvalue weighted by Gasteiger charge is -2.21. The maximum atomic E-state index is 12.1. The van der Waals surface area contributed by atoms with E-state index in [2.05, 4.69) is 19.9 Å². The molecule has 1 aromatic rings. The Balaban J connectivity index is 2.38. The van der Waals surface area contributed by atoms with Crippen molar-refractivity contribution in [3.63, 3.8) is 0 Å². The van der Waals surface area contributed by atoms with E-state index in [4.69, 9.17) is 5.26 Å². The first-order valence-corrected chi connectivity index (χ1v) is 8.21. The Morgan fingerprint density at radius 2 is 1.80 bits per heavy atom. The fraction of sp³-hybridized carbons (Fsp3) is 0.500. The molecule has 1 amide bonds. The summed E-state index contributed by atoms with van der Waals surface area (Å²) in [5.41, 5.74) is 1.83. The third-order valence-electron chi connectivity index (χ3n) is 2.92. The van der Waals surface area contributed by atoms with Gasteiger partial charge in [-0.25, -0.2) is 0 Å². The van der Waals surface area contributed by atoms with Crippen LogP contribution in [0.2, 0.25) is 0 Å². The van der Waals surface area contributed by atoms with E-state index >= 15 is 0 Å². The minimum Gasteiger partial charge on any atom is -0.342 e. The van der Waals surface area contributed by atoms with Crippen LogP contribution in [-0.4, -0.2) is 29.6 Å². The van der Waals surface area contributed by atoms with Crippen LogP contribution in [0, 0.1) is 11.3 Å². The zero-order valence-corrected chi connectivity index (χ0v) is 13.1. The third-order valence-corrected chi connectivity index (χ3v) is 3.91. The SMILES string of the molecule is CCCN(CCC)C(=O)CSCc1ccc(C#N)cc1. The number of thioether (sulfide) groups is 1. The van der Waals surface area contributed by atoms with E-state index < -0.39 is 0 Å². The van der Waals surface area contributed by atoms with Crippen LogP contribution in [0.15, 0.2) is 24.3 Å². The van der Waals surface area contributed by atoms with Crippen molar-refractivity contribution in [1.29, 1.82) is 5.26 Å². The lowest BCUT2D eigenvalue weighted by molar-refractivity contribution is -0.128. The molecule has 3 nitrogen and oxygen atoms in total. The summed E-state index contributed by atoms with van der Waals surface area (Å²) in [5.74, 6) is 1.57. The van der Waals surface area contributed by atoms with E-state index in [1.807, 2.05) is 29.2 Å². The number of nitrogens with zero attached hydrogens (tertiary/aromatic N) is 2. The molecule has 0 atom stereocenters. The lowest BCUT2D eigenvalue weighted by atomic mass is 10.2. The van der Waals surface area contributed by atoms with E-state index in [9.17, 15) is 4.79 Å². The number of carbonyl (C=O) groups is 1. The number of benzene rings is 1. The van der Waals surface area contributed by atoms with Gasteiger partial charge < -0.3 is 4.90 Å². The smallest absolute Gasteiger partial charge is 0.232 e. The summed E-state index contributed by atoms with van der Waals surface area (Å²) in [5, 5.41) is 8.73. The van der Waals surface area contributed by atoms with Gasteiger partial charge in [0, 0.05) is 18.8 Å². The molecule has 0 N–H and O–H groups in total. The second kappa shape index (κ2) is 9.44. The molecule has 0 spiro atoms. The first-order valence-electron chi connectivity index (χ1n) is 7.05. The molecule has 1 rings (SSSR count). The highest BCUT2D eigenvalue weighted by molar-refractivity contribution is 7.99. The zero-order chi connectivity index (χ0) is 14.8. The summed E-state index contributed by atoms with van der Waals surface area (Å²) in [4.78, 5) is 14.0. The van der Waals surface area contributed by atoms with E-state index in [0.29, 0.717) is 11.3 Å². The minimum atomic E-state index is 0.229. The Morgan fingerprint density at radius 1 is 1.20 bits per heavy atom. The van der Waals surface area contributed by atoms with Crippen molar-refractivity contribution in [2.24, 2.45) is 0 Å². The Bertz CT molecular complexity index is 445. The highest BCUT2D eigenvalue weighted by Gasteiger charge is 2.11. The van der Waals surface area contributed by atoms with Crippen molar-refractivity contribution < 1.29 is 4.79 Å². The number of carbonyl (C=O) groups excluding carboxylic acids is 1. The Hall–Kier alpha value is -1.47. The normalized spacial score (nSPS) is 10.1. The highest BCUT2D eigenvalue weighted by atomic mass is 32.2. The molecule has 0 saturated carbocycles. The molecule has 0 heterocycles. The maximum Gasteiger partial charge on any atom is 0.232 e. The first kappa shape index (κ1) is 16.6. The van der Waals surface area contributed by atoms with E-state index in [1.165, 1.54) is 0 Å². The summed E-state index contributed by atoms with van der Waals surface area (Å²) in [7, 11) is 0. The molecule has 0 unspecified atom stereocenters. The van der Waals surface area contributed by atoms with Crippen molar-refractivity contribution in [2.45, 2.75) is 32.4 Å². The van der Waals surface area contributed by atoms with Gasteiger partial charge in [-0.1, -0.05) is 26.0 Å². The molecule has 20 heavy (non-hydrogen) atoms. The van der Waals surface area contributed by atoms with Gasteiger partial charge in [-0.05, 0) is 30.5 Å². The van der Waals surface area contributed by atoms with Gasteiger partial charge in [-0.15, -0.1) is 11.8 Å². The van der Waals surface area contributed by atoms with Crippen molar-refractivity contribution >= 4 is 17.7 Å². The maximum absolute atomic E-state index is 12.1. The standard InChI is InChI=1S/C16H22N2OS/c1-3-9-18(10-4-2)16(19)13-20-12-15-7-5-14(11-17)6-8-15/h5-8H,3-4,9-10,12-13H2,1-2H3. The van der Waals surface area contributed by atoms with Crippen LogP contribution in [0.1, 0.15) is 37.8 Å². The molecule has 0 aromatic heterocycles. The summed E-state index contributed by atoms with van der Waals surface area (Å²) in [6.07, 6.45) is 2.01. The molecule has 108 valence electrons. The van der Waals surface area contributed by atoms with Crippen LogP contribution in [0.5, 0.6) is 0 Å². The molecule has 1 aromatic carbocycles. The largest absolute Gasteiger partial charge is 0.342 e. The van der Waals surface area contributed by atoms with E-state index in [1.54, 1.807) is 11.8 Å². The molecule has 4 heteroatoms. The van der Waals surface area contributed by atoms with Crippen LogP contribution in [-0.2, 0) is 10.5 Å². The molecule has 0 saturated heterocycles. The predicted octanol–water partition coefficient (Wildman–Crippen LogP) is 3.44. The van der Waals surface area contributed by atoms with Gasteiger partial charge in [0.05, 0.1) is 17.4 Å². The van der Waals surface area contributed by atoms with Gasteiger partial charge >= 0.3 is 0 Å². The van der Waals surface area contributed by atoms with Crippen molar-refractivity contribution in [2.75, 3.05) is 18.8 Å². The fourth-order valence-electron chi connectivity index (χ4n) is 1.92. The van der Waals surface area contributed by atoms with Gasteiger partial charge in [-0.2, -0.15) is 5.26 Å². The van der Waals surface area contributed by atoms with E-state index in [0.717, 1.165) is 37.2 Å². The minimum absolute atomic E-state index is 0.229. The molecular weight excluding hydrogens is 268 g/mol. The Kier molecular flexibility index (Phi) is 7.82. The number of amides is 1. The zero-order valence-electron chi connectivity index (χ0n) is 12.3. The lowest BCUT2D eigenvalue weighted by Crippen LogP contribution is -2.33. The highest BCUT2D eigenvalue weighted by Crippen LogP contribution is 2.14. The van der Waals surface area contributed by atoms with Gasteiger partial charge in [0.2, 0.25) is 5.91 Å². The molecule has 0 aliphatic heterocycles. The average Bonchev–Trinajstić information content (AvgIpc) is 2.47. The summed E-state index contributed by atoms with van der Waals surface area (Å²) in [6.45, 7) is 5.90. The topological polar surface area (TPSA) is 44.1 Å². The molecule has 0 radical (unpaired) electrons. The van der Waals surface area contributed by atoms with Crippen LogP contribution >= 0.6 is 11.8 Å². The molecule has 0 aliphatic carbocycles. The van der Waals surface area contributed by atoms with Crippen molar-refractivity contribution in [3.05, 3.63) is 35.4 Å². The Labute approximate surface area is 126 Å². The van der Waals surface area contributed by atoms with Crippen LogP contribution in [0.25, 0.3) is 0 Å². The van der Waals surface area contributed by atoms with Gasteiger partial charge in [-0.3, -0.25) is 4.79 Å². The van der Waals surface area contributed by atoms with Gasteiger partial charge in [0.1, 0.15) is 0 Å². The first-order chi connectivity index (χ1) is 9.71. The number of rotatable bonds is 8. The number of nitriles is 1. The van der Waals surface area contributed by atoms with Crippen LogP contribution < -0.4 is 0 Å². The van der Waals surface area contributed by atoms with Crippen molar-refractivity contribution in [3.8, 4) is 6.07 Å². The predicted molar refractivity (Wildman–Crippen MR) is 84.5 cm³/mol. The number of hydrogen-bond acceptors (Lipinski definition) is 3. The Morgan fingerprint density at radius 3 is 2.30 bits per heavy atom. The summed E-state index contributed by atoms with van der Waals surface area (Å²) < 4.78 is 0. The average molecular weight is 290 g/mol. The molecule has 0 aliphatic rings. The summed E-state index contributed by atoms with van der Waals surface area (Å²) in [6, 6.07) is 9.64. The number of hydrogen-bond donors (Lipinski definition) is 0. The molecule has 0 bridgehead atoms. The monoisotopic (exact) mass is 290 g/mol. The molecular formula is C16H22N2OS. The van der Waals surface area contributed by atoms with Crippen LogP contribution in [0.3, 0.4) is 0 Å². The van der Waals surface area contributed by atoms with Crippen molar-refractivity contribution in [1.82, 2.24) is 4.90 Å². The van der Waals surface area contributed by atoms with E-state index in [-0.39, 0.29) is 5.91 Å².